The molecule has 5 rings (SSSR count). The standard InChI is InChI=1S/C21H22N8O2/c1-4-31-12-5-6-17-25-19(28-29(17)10-12)15-9-23-20(22-3)18-14(15)8-16(26-27-18)24-21(30)13-7-11(13)2/h5-6,8-11,13H,4,7H2,1-3H3,(H,22,23)(H,24,26,30)/t11-,13+/m1/s1. The fourth-order valence-electron chi connectivity index (χ4n) is 3.59. The van der Waals surface area contributed by atoms with Crippen molar-refractivity contribution in [1.29, 1.82) is 0 Å². The van der Waals surface area contributed by atoms with Crippen LogP contribution in [0.4, 0.5) is 11.6 Å². The highest BCUT2D eigenvalue weighted by atomic mass is 16.5. The second-order valence-electron chi connectivity index (χ2n) is 7.61. The van der Waals surface area contributed by atoms with Crippen LogP contribution in [0, 0.1) is 11.8 Å². The van der Waals surface area contributed by atoms with Gasteiger partial charge in [0.25, 0.3) is 0 Å². The summed E-state index contributed by atoms with van der Waals surface area (Å²) >= 11 is 0. The largest absolute Gasteiger partial charge is 0.492 e. The number of carbonyl (C=O) groups is 1. The van der Waals surface area contributed by atoms with Crippen molar-refractivity contribution in [3.05, 3.63) is 30.6 Å². The summed E-state index contributed by atoms with van der Waals surface area (Å²) in [5.74, 6) is 2.62. The van der Waals surface area contributed by atoms with E-state index in [4.69, 9.17) is 4.74 Å². The zero-order valence-corrected chi connectivity index (χ0v) is 17.5. The van der Waals surface area contributed by atoms with Crippen LogP contribution in [0.5, 0.6) is 5.75 Å². The molecule has 4 aromatic rings. The maximum atomic E-state index is 12.4. The van der Waals surface area contributed by atoms with Gasteiger partial charge in [0.05, 0.1) is 12.8 Å². The van der Waals surface area contributed by atoms with Crippen LogP contribution in [0.25, 0.3) is 27.9 Å². The minimum atomic E-state index is -0.0279. The molecule has 1 aliphatic carbocycles. The summed E-state index contributed by atoms with van der Waals surface area (Å²) in [4.78, 5) is 21.4. The fourth-order valence-corrected chi connectivity index (χ4v) is 3.59. The van der Waals surface area contributed by atoms with Crippen LogP contribution in [0.1, 0.15) is 20.3 Å². The van der Waals surface area contributed by atoms with E-state index in [2.05, 4.69) is 42.8 Å². The Bertz CT molecular complexity index is 1300. The molecule has 1 fully saturated rings. The summed E-state index contributed by atoms with van der Waals surface area (Å²) < 4.78 is 7.22. The van der Waals surface area contributed by atoms with Crippen molar-refractivity contribution >= 4 is 34.1 Å². The van der Waals surface area contributed by atoms with Gasteiger partial charge >= 0.3 is 0 Å². The molecule has 31 heavy (non-hydrogen) atoms. The molecule has 10 heteroatoms. The third kappa shape index (κ3) is 3.49. The predicted molar refractivity (Wildman–Crippen MR) is 116 cm³/mol. The van der Waals surface area contributed by atoms with Gasteiger partial charge in [-0.1, -0.05) is 6.92 Å². The number of ether oxygens (including phenoxy) is 1. The Labute approximate surface area is 178 Å². The Balaban J connectivity index is 1.59. The number of nitrogens with zero attached hydrogens (tertiary/aromatic N) is 6. The highest BCUT2D eigenvalue weighted by molar-refractivity contribution is 6.01. The molecule has 1 saturated carbocycles. The average molecular weight is 418 g/mol. The first kappa shape index (κ1) is 19.2. The van der Waals surface area contributed by atoms with E-state index >= 15 is 0 Å². The number of carbonyl (C=O) groups excluding carboxylic acids is 1. The molecule has 1 aliphatic rings. The molecule has 4 aromatic heterocycles. The summed E-state index contributed by atoms with van der Waals surface area (Å²) in [7, 11) is 1.77. The maximum absolute atomic E-state index is 12.4. The predicted octanol–water partition coefficient (Wildman–Crippen LogP) is 2.77. The van der Waals surface area contributed by atoms with Crippen LogP contribution in [0.3, 0.4) is 0 Å². The van der Waals surface area contributed by atoms with Crippen molar-refractivity contribution in [1.82, 2.24) is 29.8 Å². The number of fused-ring (bicyclic) bond motifs is 2. The molecule has 0 unspecified atom stereocenters. The van der Waals surface area contributed by atoms with Gasteiger partial charge in [-0.25, -0.2) is 14.5 Å². The van der Waals surface area contributed by atoms with E-state index in [0.29, 0.717) is 52.5 Å². The minimum absolute atomic E-state index is 0.0279. The van der Waals surface area contributed by atoms with Crippen molar-refractivity contribution < 1.29 is 9.53 Å². The van der Waals surface area contributed by atoms with E-state index in [0.717, 1.165) is 11.8 Å². The van der Waals surface area contributed by atoms with E-state index in [1.165, 1.54) is 0 Å². The molecule has 0 bridgehead atoms. The lowest BCUT2D eigenvalue weighted by molar-refractivity contribution is -0.117. The first-order chi connectivity index (χ1) is 15.1. The molecule has 158 valence electrons. The van der Waals surface area contributed by atoms with Crippen LogP contribution < -0.4 is 15.4 Å². The van der Waals surface area contributed by atoms with Gasteiger partial charge in [0, 0.05) is 30.1 Å². The number of nitrogens with one attached hydrogen (secondary N) is 2. The number of aromatic nitrogens is 6. The van der Waals surface area contributed by atoms with Gasteiger partial charge in [0.2, 0.25) is 5.91 Å². The normalized spacial score (nSPS) is 17.6. The van der Waals surface area contributed by atoms with Crippen LogP contribution in [0.15, 0.2) is 30.6 Å². The molecule has 0 spiro atoms. The topological polar surface area (TPSA) is 119 Å². The summed E-state index contributed by atoms with van der Waals surface area (Å²) in [6.45, 7) is 4.56. The number of pyridine rings is 2. The Kier molecular flexibility index (Phi) is 4.61. The number of hydrogen-bond acceptors (Lipinski definition) is 8. The van der Waals surface area contributed by atoms with Crippen molar-refractivity contribution in [3.63, 3.8) is 0 Å². The Morgan fingerprint density at radius 3 is 2.90 bits per heavy atom. The second kappa shape index (κ2) is 7.46. The highest BCUT2D eigenvalue weighted by Crippen LogP contribution is 2.38. The zero-order valence-electron chi connectivity index (χ0n) is 17.5. The first-order valence-electron chi connectivity index (χ1n) is 10.2. The Morgan fingerprint density at radius 1 is 1.32 bits per heavy atom. The molecular weight excluding hydrogens is 396 g/mol. The molecule has 2 atom stereocenters. The molecule has 1 amide bonds. The fraction of sp³-hybridized carbons (Fsp3) is 0.333. The summed E-state index contributed by atoms with van der Waals surface area (Å²) in [5, 5.41) is 19.7. The SMILES string of the molecule is CCOc1ccc2nc(-c3cnc(NC)c4nnc(NC(=O)[C@H]5C[C@H]5C)cc34)nn2c1. The molecule has 2 N–H and O–H groups in total. The van der Waals surface area contributed by atoms with E-state index in [1.54, 1.807) is 30.0 Å². The van der Waals surface area contributed by atoms with Gasteiger partial charge in [-0.3, -0.25) is 4.79 Å². The molecule has 10 nitrogen and oxygen atoms in total. The Morgan fingerprint density at radius 2 is 2.16 bits per heavy atom. The van der Waals surface area contributed by atoms with Crippen LogP contribution >= 0.6 is 0 Å². The van der Waals surface area contributed by atoms with Crippen LogP contribution in [0.2, 0.25) is 0 Å². The molecule has 0 saturated heterocycles. The van der Waals surface area contributed by atoms with Crippen molar-refractivity contribution in [2.75, 3.05) is 24.3 Å². The smallest absolute Gasteiger partial charge is 0.228 e. The van der Waals surface area contributed by atoms with Gasteiger partial charge in [-0.2, -0.15) is 0 Å². The van der Waals surface area contributed by atoms with E-state index in [9.17, 15) is 4.79 Å². The number of hydrogen-bond donors (Lipinski definition) is 2. The molecular formula is C21H22N8O2. The lowest BCUT2D eigenvalue weighted by Gasteiger charge is -2.09. The van der Waals surface area contributed by atoms with E-state index in [-0.39, 0.29) is 11.8 Å². The van der Waals surface area contributed by atoms with Gasteiger partial charge in [-0.05, 0) is 37.5 Å². The van der Waals surface area contributed by atoms with E-state index in [1.807, 2.05) is 19.1 Å². The highest BCUT2D eigenvalue weighted by Gasteiger charge is 2.39. The molecule has 0 aromatic carbocycles. The number of amides is 1. The lowest BCUT2D eigenvalue weighted by atomic mass is 10.1. The lowest BCUT2D eigenvalue weighted by Crippen LogP contribution is -2.16. The zero-order chi connectivity index (χ0) is 21.5. The van der Waals surface area contributed by atoms with Crippen molar-refractivity contribution in [3.8, 4) is 17.1 Å². The Hall–Kier alpha value is -3.82. The van der Waals surface area contributed by atoms with E-state index < -0.39 is 0 Å². The second-order valence-corrected chi connectivity index (χ2v) is 7.61. The van der Waals surface area contributed by atoms with Crippen LogP contribution in [-0.2, 0) is 4.79 Å². The first-order valence-corrected chi connectivity index (χ1v) is 10.2. The molecule has 4 heterocycles. The van der Waals surface area contributed by atoms with Crippen molar-refractivity contribution in [2.45, 2.75) is 20.3 Å². The van der Waals surface area contributed by atoms with Gasteiger partial charge in [0.1, 0.15) is 11.3 Å². The summed E-state index contributed by atoms with van der Waals surface area (Å²) in [6.07, 6.45) is 4.39. The average Bonchev–Trinajstić information content (AvgIpc) is 3.36. The van der Waals surface area contributed by atoms with Gasteiger partial charge in [-0.15, -0.1) is 15.3 Å². The monoisotopic (exact) mass is 418 g/mol. The molecule has 0 radical (unpaired) electrons. The summed E-state index contributed by atoms with van der Waals surface area (Å²) in [5.41, 5.74) is 1.95. The van der Waals surface area contributed by atoms with Gasteiger partial charge in [0.15, 0.2) is 23.1 Å². The maximum Gasteiger partial charge on any atom is 0.228 e. The van der Waals surface area contributed by atoms with Crippen LogP contribution in [-0.4, -0.2) is 49.3 Å². The molecule has 0 aliphatic heterocycles. The summed E-state index contributed by atoms with van der Waals surface area (Å²) in [6, 6.07) is 5.50. The van der Waals surface area contributed by atoms with Gasteiger partial charge < -0.3 is 15.4 Å². The third-order valence-electron chi connectivity index (χ3n) is 5.42. The quantitative estimate of drug-likeness (QED) is 0.491. The number of rotatable bonds is 6. The third-order valence-corrected chi connectivity index (χ3v) is 5.42. The minimum Gasteiger partial charge on any atom is -0.492 e. The number of anilines is 2. The van der Waals surface area contributed by atoms with Crippen molar-refractivity contribution in [2.24, 2.45) is 11.8 Å².